The SMILES string of the molecule is CC(C)[C@H](C)N(Cc1cccn1Cc1cccc(Cl)c1)C(=O)c1ccccc1. The molecule has 0 aliphatic carbocycles. The van der Waals surface area contributed by atoms with Crippen molar-refractivity contribution in [2.24, 2.45) is 5.92 Å². The molecule has 2 aromatic carbocycles. The molecule has 0 aliphatic heterocycles. The Labute approximate surface area is 172 Å². The first-order valence-corrected chi connectivity index (χ1v) is 10.1. The Kier molecular flexibility index (Phi) is 6.58. The Morgan fingerprint density at radius 1 is 1.00 bits per heavy atom. The van der Waals surface area contributed by atoms with Crippen molar-refractivity contribution in [3.63, 3.8) is 0 Å². The van der Waals surface area contributed by atoms with Crippen LogP contribution in [0.3, 0.4) is 0 Å². The zero-order valence-electron chi connectivity index (χ0n) is 16.7. The van der Waals surface area contributed by atoms with Gasteiger partial charge in [-0.25, -0.2) is 0 Å². The molecule has 0 unspecified atom stereocenters. The number of hydrogen-bond acceptors (Lipinski definition) is 1. The van der Waals surface area contributed by atoms with Crippen LogP contribution < -0.4 is 0 Å². The van der Waals surface area contributed by atoms with Gasteiger partial charge in [-0.1, -0.05) is 55.8 Å². The van der Waals surface area contributed by atoms with Gasteiger partial charge in [0, 0.05) is 35.1 Å². The maximum Gasteiger partial charge on any atom is 0.254 e. The van der Waals surface area contributed by atoms with E-state index >= 15 is 0 Å². The van der Waals surface area contributed by atoms with Gasteiger partial charge in [0.15, 0.2) is 0 Å². The van der Waals surface area contributed by atoms with E-state index in [-0.39, 0.29) is 11.9 Å². The molecule has 4 heteroatoms. The molecule has 1 heterocycles. The number of halogens is 1. The summed E-state index contributed by atoms with van der Waals surface area (Å²) in [4.78, 5) is 15.2. The number of nitrogens with zero attached hydrogens (tertiary/aromatic N) is 2. The summed E-state index contributed by atoms with van der Waals surface area (Å²) in [5.41, 5.74) is 2.97. The fourth-order valence-electron chi connectivity index (χ4n) is 3.26. The number of hydrogen-bond donors (Lipinski definition) is 0. The lowest BCUT2D eigenvalue weighted by atomic mass is 10.0. The summed E-state index contributed by atoms with van der Waals surface area (Å²) in [6.07, 6.45) is 2.06. The Bertz CT molecular complexity index is 917. The normalized spacial score (nSPS) is 12.2. The molecule has 0 aliphatic rings. The third kappa shape index (κ3) is 4.85. The topological polar surface area (TPSA) is 25.2 Å². The first-order chi connectivity index (χ1) is 13.5. The van der Waals surface area contributed by atoms with E-state index < -0.39 is 0 Å². The molecule has 0 saturated heterocycles. The largest absolute Gasteiger partial charge is 0.345 e. The van der Waals surface area contributed by atoms with Crippen LogP contribution in [-0.2, 0) is 13.1 Å². The number of rotatable bonds is 7. The van der Waals surface area contributed by atoms with Gasteiger partial charge < -0.3 is 9.47 Å². The van der Waals surface area contributed by atoms with Gasteiger partial charge in [0.1, 0.15) is 0 Å². The fraction of sp³-hybridized carbons (Fsp3) is 0.292. The highest BCUT2D eigenvalue weighted by Crippen LogP contribution is 2.20. The van der Waals surface area contributed by atoms with E-state index in [2.05, 4.69) is 43.7 Å². The number of aromatic nitrogens is 1. The average Bonchev–Trinajstić information content (AvgIpc) is 3.12. The molecule has 0 N–H and O–H groups in total. The minimum atomic E-state index is 0.0669. The molecule has 1 amide bonds. The van der Waals surface area contributed by atoms with E-state index in [0.29, 0.717) is 12.5 Å². The summed E-state index contributed by atoms with van der Waals surface area (Å²) in [5.74, 6) is 0.432. The van der Waals surface area contributed by atoms with Crippen LogP contribution in [-0.4, -0.2) is 21.4 Å². The van der Waals surface area contributed by atoms with Crippen LogP contribution in [0.25, 0.3) is 0 Å². The fourth-order valence-corrected chi connectivity index (χ4v) is 3.47. The molecule has 0 fully saturated rings. The summed E-state index contributed by atoms with van der Waals surface area (Å²) < 4.78 is 2.18. The molecule has 1 atom stereocenters. The van der Waals surface area contributed by atoms with Gasteiger partial charge >= 0.3 is 0 Å². The second kappa shape index (κ2) is 9.11. The molecular weight excluding hydrogens is 368 g/mol. The first kappa shape index (κ1) is 20.2. The molecule has 1 aromatic heterocycles. The second-order valence-electron chi connectivity index (χ2n) is 7.54. The maximum atomic E-state index is 13.2. The van der Waals surface area contributed by atoms with Crippen molar-refractivity contribution in [3.8, 4) is 0 Å². The van der Waals surface area contributed by atoms with E-state index in [1.807, 2.05) is 59.5 Å². The van der Waals surface area contributed by atoms with Gasteiger partial charge in [0.2, 0.25) is 0 Å². The smallest absolute Gasteiger partial charge is 0.254 e. The molecule has 28 heavy (non-hydrogen) atoms. The molecule has 3 aromatic rings. The van der Waals surface area contributed by atoms with Crippen molar-refractivity contribution in [1.29, 1.82) is 0 Å². The van der Waals surface area contributed by atoms with Crippen molar-refractivity contribution >= 4 is 17.5 Å². The molecule has 0 bridgehead atoms. The molecule has 3 rings (SSSR count). The lowest BCUT2D eigenvalue weighted by molar-refractivity contribution is 0.0622. The van der Waals surface area contributed by atoms with E-state index in [9.17, 15) is 4.79 Å². The minimum Gasteiger partial charge on any atom is -0.345 e. The van der Waals surface area contributed by atoms with Crippen molar-refractivity contribution in [2.45, 2.75) is 39.9 Å². The third-order valence-corrected chi connectivity index (χ3v) is 5.47. The number of carbonyl (C=O) groups excluding carboxylic acids is 1. The molecule has 0 saturated carbocycles. The summed E-state index contributed by atoms with van der Waals surface area (Å²) in [6, 6.07) is 21.7. The van der Waals surface area contributed by atoms with Crippen molar-refractivity contribution in [2.75, 3.05) is 0 Å². The summed E-state index contributed by atoms with van der Waals surface area (Å²) in [6.45, 7) is 7.73. The van der Waals surface area contributed by atoms with Gasteiger partial charge in [0.05, 0.1) is 6.54 Å². The molecule has 146 valence electrons. The number of benzene rings is 2. The van der Waals surface area contributed by atoms with Gasteiger partial charge in [0.25, 0.3) is 5.91 Å². The zero-order chi connectivity index (χ0) is 20.1. The molecule has 3 nitrogen and oxygen atoms in total. The van der Waals surface area contributed by atoms with Crippen molar-refractivity contribution in [3.05, 3.63) is 94.8 Å². The molecule has 0 radical (unpaired) electrons. The average molecular weight is 395 g/mol. The standard InChI is InChI=1S/C24H27ClN2O/c1-18(2)19(3)27(24(28)21-10-5-4-6-11-21)17-23-13-8-14-26(23)16-20-9-7-12-22(25)15-20/h4-15,18-19H,16-17H2,1-3H3/t19-/m0/s1. The number of carbonyl (C=O) groups is 1. The van der Waals surface area contributed by atoms with E-state index in [0.717, 1.165) is 28.4 Å². The maximum absolute atomic E-state index is 13.2. The predicted octanol–water partition coefficient (Wildman–Crippen LogP) is 5.88. The first-order valence-electron chi connectivity index (χ1n) is 9.70. The molecule has 0 spiro atoms. The lowest BCUT2D eigenvalue weighted by Gasteiger charge is -2.32. The summed E-state index contributed by atoms with van der Waals surface area (Å²) in [5, 5.41) is 0.737. The van der Waals surface area contributed by atoms with Crippen LogP contribution in [0.4, 0.5) is 0 Å². The van der Waals surface area contributed by atoms with Gasteiger partial charge in [-0.15, -0.1) is 0 Å². The minimum absolute atomic E-state index is 0.0669. The van der Waals surface area contributed by atoms with Crippen LogP contribution >= 0.6 is 11.6 Å². The van der Waals surface area contributed by atoms with Gasteiger partial charge in [-0.2, -0.15) is 0 Å². The quantitative estimate of drug-likeness (QED) is 0.491. The van der Waals surface area contributed by atoms with Crippen LogP contribution in [0.5, 0.6) is 0 Å². The zero-order valence-corrected chi connectivity index (χ0v) is 17.4. The van der Waals surface area contributed by atoms with E-state index in [1.54, 1.807) is 0 Å². The Morgan fingerprint density at radius 2 is 1.75 bits per heavy atom. The Morgan fingerprint density at radius 3 is 2.43 bits per heavy atom. The van der Waals surface area contributed by atoms with Crippen LogP contribution in [0.1, 0.15) is 42.4 Å². The summed E-state index contributed by atoms with van der Waals surface area (Å²) in [7, 11) is 0. The van der Waals surface area contributed by atoms with E-state index in [1.165, 1.54) is 0 Å². The Hall–Kier alpha value is -2.52. The van der Waals surface area contributed by atoms with Crippen LogP contribution in [0, 0.1) is 5.92 Å². The van der Waals surface area contributed by atoms with Crippen LogP contribution in [0.15, 0.2) is 72.9 Å². The van der Waals surface area contributed by atoms with Gasteiger partial charge in [-0.3, -0.25) is 4.79 Å². The van der Waals surface area contributed by atoms with Crippen LogP contribution in [0.2, 0.25) is 5.02 Å². The molecular formula is C24H27ClN2O. The third-order valence-electron chi connectivity index (χ3n) is 5.24. The van der Waals surface area contributed by atoms with E-state index in [4.69, 9.17) is 11.6 Å². The highest BCUT2D eigenvalue weighted by molar-refractivity contribution is 6.30. The monoisotopic (exact) mass is 394 g/mol. The highest BCUT2D eigenvalue weighted by atomic mass is 35.5. The van der Waals surface area contributed by atoms with Crippen molar-refractivity contribution < 1.29 is 4.79 Å². The van der Waals surface area contributed by atoms with Crippen molar-refractivity contribution in [1.82, 2.24) is 9.47 Å². The lowest BCUT2D eigenvalue weighted by Crippen LogP contribution is -2.41. The Balaban J connectivity index is 1.85. The summed E-state index contributed by atoms with van der Waals surface area (Å²) >= 11 is 6.13. The predicted molar refractivity (Wildman–Crippen MR) is 116 cm³/mol. The second-order valence-corrected chi connectivity index (χ2v) is 7.98. The number of amides is 1. The highest BCUT2D eigenvalue weighted by Gasteiger charge is 2.24. The van der Waals surface area contributed by atoms with Gasteiger partial charge in [-0.05, 0) is 54.8 Å².